The minimum atomic E-state index is 0. The van der Waals surface area contributed by atoms with E-state index in [1.165, 1.54) is 70.0 Å². The Labute approximate surface area is 163 Å². The maximum Gasteiger partial charge on any atom is 0.203 e. The summed E-state index contributed by atoms with van der Waals surface area (Å²) in [6.07, 6.45) is 4.82. The molecule has 0 radical (unpaired) electrons. The number of benzene rings is 2. The van der Waals surface area contributed by atoms with Crippen molar-refractivity contribution in [3.63, 3.8) is 0 Å². The van der Waals surface area contributed by atoms with Crippen LogP contribution in [0.2, 0.25) is 0 Å². The highest BCUT2D eigenvalue weighted by molar-refractivity contribution is 5.71. The normalized spacial score (nSPS) is 18.2. The third-order valence-electron chi connectivity index (χ3n) is 6.91. The molecule has 0 saturated heterocycles. The summed E-state index contributed by atoms with van der Waals surface area (Å²) >= 11 is 0. The summed E-state index contributed by atoms with van der Waals surface area (Å²) in [6, 6.07) is 9.92. The van der Waals surface area contributed by atoms with E-state index in [0.717, 1.165) is 13.1 Å². The summed E-state index contributed by atoms with van der Waals surface area (Å²) in [7, 11) is 0. The lowest BCUT2D eigenvalue weighted by Gasteiger charge is -2.33. The number of fused-ring (bicyclic) bond motifs is 4. The topological polar surface area (TPSA) is 6.25 Å². The van der Waals surface area contributed by atoms with E-state index >= 15 is 0 Å². The van der Waals surface area contributed by atoms with Gasteiger partial charge in [-0.05, 0) is 72.0 Å². The van der Waals surface area contributed by atoms with E-state index < -0.39 is 0 Å². The van der Waals surface area contributed by atoms with Crippen LogP contribution in [0.5, 0.6) is 0 Å². The molecule has 0 unspecified atom stereocenters. The van der Waals surface area contributed by atoms with Gasteiger partial charge in [0.15, 0.2) is 0 Å². The van der Waals surface area contributed by atoms with Gasteiger partial charge in [0.1, 0.15) is 13.1 Å². The average Bonchev–Trinajstić information content (AvgIpc) is 3.21. The summed E-state index contributed by atoms with van der Waals surface area (Å²) in [5.74, 6) is 0. The van der Waals surface area contributed by atoms with Crippen LogP contribution in [0.3, 0.4) is 0 Å². The predicted molar refractivity (Wildman–Crippen MR) is 117 cm³/mol. The van der Waals surface area contributed by atoms with Crippen LogP contribution in [0.1, 0.15) is 62.9 Å². The van der Waals surface area contributed by atoms with E-state index in [-0.39, 0.29) is 12.8 Å². The third kappa shape index (κ3) is 2.49. The molecule has 1 aliphatic carbocycles. The smallest absolute Gasteiger partial charge is 0.203 e. The van der Waals surface area contributed by atoms with Crippen LogP contribution >= 0.6 is 0 Å². The van der Waals surface area contributed by atoms with Crippen LogP contribution in [0.15, 0.2) is 24.3 Å². The Morgan fingerprint density at radius 1 is 1.00 bits per heavy atom. The molecule has 0 amide bonds. The first kappa shape index (κ1) is 18.3. The summed E-state index contributed by atoms with van der Waals surface area (Å²) in [4.78, 5) is 2.53. The molecule has 2 nitrogen and oxygen atoms in total. The molecule has 5 rings (SSSR count). The molecule has 142 valence electrons. The first-order valence-electron chi connectivity index (χ1n) is 10.2. The summed E-state index contributed by atoms with van der Waals surface area (Å²) in [6.45, 7) is 13.9. The number of likely N-dealkylation sites (N-methyl/N-ethyl adjacent to an activating group) is 2. The van der Waals surface area contributed by atoms with Crippen LogP contribution in [-0.4, -0.2) is 26.2 Å². The van der Waals surface area contributed by atoms with Crippen molar-refractivity contribution in [3.05, 3.63) is 62.7 Å². The lowest BCUT2D eigenvalue weighted by Crippen LogP contribution is -2.36. The number of anilines is 1. The van der Waals surface area contributed by atoms with Crippen molar-refractivity contribution in [1.29, 1.82) is 0 Å². The predicted octanol–water partition coefficient (Wildman–Crippen LogP) is 3.24. The van der Waals surface area contributed by atoms with Gasteiger partial charge in [0, 0.05) is 42.2 Å². The molecule has 0 aromatic heterocycles. The molecule has 2 aliphatic heterocycles. The fraction of sp³-hybridized carbons (Fsp3) is 0.480. The Kier molecular flexibility index (Phi) is 4.21. The number of nitrogens with zero attached hydrogens (tertiary/aromatic N) is 2. The van der Waals surface area contributed by atoms with Gasteiger partial charge >= 0.3 is 0 Å². The second-order valence-electron chi connectivity index (χ2n) is 8.57. The van der Waals surface area contributed by atoms with Crippen LogP contribution in [0.25, 0.3) is 6.08 Å². The Morgan fingerprint density at radius 3 is 2.56 bits per heavy atom. The molecule has 27 heavy (non-hydrogen) atoms. The molecule has 0 saturated carbocycles. The molecule has 0 atom stereocenters. The molecule has 2 heterocycles. The monoisotopic (exact) mass is 361 g/mol. The molecular formula is C25H33N2+. The SMILES string of the molecule is C.CCN1CCc2cc3c(cc21)C(C)(C)c1cc2c(cc1=C3)CC[N+]=2CC. The molecule has 0 bridgehead atoms. The Hall–Kier alpha value is -2.09. The van der Waals surface area contributed by atoms with Crippen LogP contribution in [0, 0.1) is 0 Å². The van der Waals surface area contributed by atoms with Crippen molar-refractivity contribution in [3.8, 4) is 0 Å². The van der Waals surface area contributed by atoms with Crippen molar-refractivity contribution < 1.29 is 0 Å². The molecule has 0 N–H and O–H groups in total. The quantitative estimate of drug-likeness (QED) is 0.745. The first-order chi connectivity index (χ1) is 12.5. The van der Waals surface area contributed by atoms with E-state index in [4.69, 9.17) is 0 Å². The van der Waals surface area contributed by atoms with Gasteiger partial charge in [0.05, 0.1) is 0 Å². The fourth-order valence-corrected chi connectivity index (χ4v) is 5.34. The van der Waals surface area contributed by atoms with Gasteiger partial charge < -0.3 is 4.90 Å². The zero-order valence-electron chi connectivity index (χ0n) is 16.5. The van der Waals surface area contributed by atoms with E-state index in [0.29, 0.717) is 0 Å². The molecule has 0 fully saturated rings. The standard InChI is InChI=1S/C24H29N2.CH4/c1-5-25-9-7-16-11-18-13-19-12-17-8-10-26(6-2)23(17)15-21(19)24(3,4)20(18)14-22(16)25;/h11-15H,5-10H2,1-4H3;1H4/q+1;. The van der Waals surface area contributed by atoms with Crippen molar-refractivity contribution in [2.24, 2.45) is 0 Å². The van der Waals surface area contributed by atoms with Gasteiger partial charge in [-0.2, -0.15) is 0 Å². The van der Waals surface area contributed by atoms with Crippen LogP contribution in [-0.2, 0) is 18.3 Å². The van der Waals surface area contributed by atoms with E-state index in [1.807, 2.05) is 0 Å². The molecule has 2 heteroatoms. The van der Waals surface area contributed by atoms with E-state index in [1.54, 1.807) is 0 Å². The van der Waals surface area contributed by atoms with Crippen molar-refractivity contribution in [1.82, 2.24) is 4.58 Å². The Bertz CT molecular complexity index is 1040. The largest absolute Gasteiger partial charge is 0.371 e. The third-order valence-corrected chi connectivity index (χ3v) is 6.91. The fourth-order valence-electron chi connectivity index (χ4n) is 5.34. The highest BCUT2D eigenvalue weighted by Crippen LogP contribution is 2.40. The van der Waals surface area contributed by atoms with Gasteiger partial charge in [-0.1, -0.05) is 21.3 Å². The van der Waals surface area contributed by atoms with E-state index in [2.05, 4.69) is 67.5 Å². The van der Waals surface area contributed by atoms with Crippen LogP contribution in [0.4, 0.5) is 5.69 Å². The second kappa shape index (κ2) is 6.22. The van der Waals surface area contributed by atoms with Gasteiger partial charge in [-0.15, -0.1) is 0 Å². The summed E-state index contributed by atoms with van der Waals surface area (Å²) in [5.41, 5.74) is 8.99. The Balaban J connectivity index is 0.00000180. The molecular weight excluding hydrogens is 328 g/mol. The van der Waals surface area contributed by atoms with Crippen molar-refractivity contribution in [2.75, 3.05) is 31.1 Å². The number of hydrogen-bond acceptors (Lipinski definition) is 1. The minimum Gasteiger partial charge on any atom is -0.371 e. The van der Waals surface area contributed by atoms with Crippen LogP contribution < -0.4 is 20.1 Å². The van der Waals surface area contributed by atoms with Gasteiger partial charge in [-0.3, -0.25) is 0 Å². The van der Waals surface area contributed by atoms with Crippen molar-refractivity contribution in [2.45, 2.75) is 53.4 Å². The molecule has 3 aliphatic rings. The zero-order valence-corrected chi connectivity index (χ0v) is 16.5. The number of hydrogen-bond donors (Lipinski definition) is 0. The second-order valence-corrected chi connectivity index (χ2v) is 8.57. The van der Waals surface area contributed by atoms with Gasteiger partial charge in [0.2, 0.25) is 5.36 Å². The van der Waals surface area contributed by atoms with E-state index in [9.17, 15) is 0 Å². The van der Waals surface area contributed by atoms with Crippen molar-refractivity contribution >= 4 is 11.8 Å². The van der Waals surface area contributed by atoms with Gasteiger partial charge in [0.25, 0.3) is 0 Å². The lowest BCUT2D eigenvalue weighted by atomic mass is 9.71. The molecule has 2 aromatic carbocycles. The molecule has 0 spiro atoms. The maximum absolute atomic E-state index is 2.53. The lowest BCUT2D eigenvalue weighted by molar-refractivity contribution is 0.619. The van der Waals surface area contributed by atoms with Gasteiger partial charge in [-0.25, -0.2) is 4.58 Å². The Morgan fingerprint density at radius 2 is 1.81 bits per heavy atom. The minimum absolute atomic E-state index is 0. The number of rotatable bonds is 2. The summed E-state index contributed by atoms with van der Waals surface area (Å²) < 4.78 is 2.53. The highest BCUT2D eigenvalue weighted by Gasteiger charge is 2.33. The molecule has 2 aromatic rings. The average molecular weight is 362 g/mol. The highest BCUT2D eigenvalue weighted by atomic mass is 15.1. The first-order valence-corrected chi connectivity index (χ1v) is 10.2. The summed E-state index contributed by atoms with van der Waals surface area (Å²) in [5, 5.41) is 2.90. The zero-order chi connectivity index (χ0) is 18.1. The maximum atomic E-state index is 2.53.